The van der Waals surface area contributed by atoms with Gasteiger partial charge in [-0.2, -0.15) is 0 Å². The van der Waals surface area contributed by atoms with Crippen molar-refractivity contribution in [2.24, 2.45) is 5.92 Å². The zero-order valence-corrected chi connectivity index (χ0v) is 16.0. The van der Waals surface area contributed by atoms with Crippen molar-refractivity contribution in [3.05, 3.63) is 24.3 Å². The Morgan fingerprint density at radius 2 is 1.92 bits per heavy atom. The zero-order valence-electron chi connectivity index (χ0n) is 15.1. The molecule has 0 spiro atoms. The van der Waals surface area contributed by atoms with Gasteiger partial charge in [0.15, 0.2) is 0 Å². The average Bonchev–Trinajstić information content (AvgIpc) is 3.24. The van der Waals surface area contributed by atoms with Gasteiger partial charge in [0.05, 0.1) is 10.8 Å². The van der Waals surface area contributed by atoms with Crippen LogP contribution in [0.1, 0.15) is 32.1 Å². The Kier molecular flexibility index (Phi) is 5.34. The molecule has 0 aromatic heterocycles. The normalized spacial score (nSPS) is 21.6. The Morgan fingerprint density at radius 3 is 2.58 bits per heavy atom. The SMILES string of the molecule is CN(C)S(=O)(=O)c1cccc(NC(=O)[C@H]2CC(=O)N(C3CCCC3)C2)c1. The van der Waals surface area contributed by atoms with Gasteiger partial charge in [0.25, 0.3) is 0 Å². The second kappa shape index (κ2) is 7.36. The van der Waals surface area contributed by atoms with Gasteiger partial charge in [-0.05, 0) is 31.0 Å². The first-order valence-corrected chi connectivity index (χ1v) is 10.4. The number of likely N-dealkylation sites (tertiary alicyclic amines) is 1. The van der Waals surface area contributed by atoms with Crippen molar-refractivity contribution >= 4 is 27.5 Å². The molecule has 0 radical (unpaired) electrons. The number of sulfonamides is 1. The van der Waals surface area contributed by atoms with E-state index >= 15 is 0 Å². The van der Waals surface area contributed by atoms with Crippen LogP contribution in [0.5, 0.6) is 0 Å². The van der Waals surface area contributed by atoms with Crippen LogP contribution in [-0.2, 0) is 19.6 Å². The zero-order chi connectivity index (χ0) is 18.9. The third kappa shape index (κ3) is 3.76. The van der Waals surface area contributed by atoms with Gasteiger partial charge in [0.1, 0.15) is 0 Å². The van der Waals surface area contributed by atoms with Gasteiger partial charge >= 0.3 is 0 Å². The van der Waals surface area contributed by atoms with E-state index < -0.39 is 15.9 Å². The van der Waals surface area contributed by atoms with E-state index in [2.05, 4.69) is 5.32 Å². The molecule has 1 saturated carbocycles. The Balaban J connectivity index is 1.68. The van der Waals surface area contributed by atoms with Crippen molar-refractivity contribution in [3.8, 4) is 0 Å². The average molecular weight is 379 g/mol. The quantitative estimate of drug-likeness (QED) is 0.843. The van der Waals surface area contributed by atoms with Crippen molar-refractivity contribution in [3.63, 3.8) is 0 Å². The summed E-state index contributed by atoms with van der Waals surface area (Å²) in [6.07, 6.45) is 4.53. The van der Waals surface area contributed by atoms with Crippen molar-refractivity contribution in [1.82, 2.24) is 9.21 Å². The molecule has 1 aliphatic heterocycles. The Morgan fingerprint density at radius 1 is 1.23 bits per heavy atom. The minimum absolute atomic E-state index is 0.0426. The van der Waals surface area contributed by atoms with Crippen LogP contribution in [0.15, 0.2) is 29.2 Å². The predicted octanol–water partition coefficient (Wildman–Crippen LogP) is 1.67. The van der Waals surface area contributed by atoms with Crippen LogP contribution in [0.3, 0.4) is 0 Å². The molecule has 1 heterocycles. The molecule has 1 N–H and O–H groups in total. The van der Waals surface area contributed by atoms with Gasteiger partial charge < -0.3 is 10.2 Å². The number of hydrogen-bond acceptors (Lipinski definition) is 4. The fourth-order valence-corrected chi connectivity index (χ4v) is 4.61. The number of hydrogen-bond donors (Lipinski definition) is 1. The number of rotatable bonds is 5. The van der Waals surface area contributed by atoms with Crippen LogP contribution in [-0.4, -0.2) is 56.1 Å². The maximum absolute atomic E-state index is 12.6. The summed E-state index contributed by atoms with van der Waals surface area (Å²) in [6, 6.07) is 6.45. The Hall–Kier alpha value is -1.93. The molecule has 0 bridgehead atoms. The van der Waals surface area contributed by atoms with E-state index in [-0.39, 0.29) is 29.2 Å². The summed E-state index contributed by atoms with van der Waals surface area (Å²) in [5.74, 6) is -0.587. The summed E-state index contributed by atoms with van der Waals surface area (Å²) < 4.78 is 25.6. The number of carbonyl (C=O) groups is 2. The molecule has 26 heavy (non-hydrogen) atoms. The highest BCUT2D eigenvalue weighted by atomic mass is 32.2. The van der Waals surface area contributed by atoms with E-state index in [0.29, 0.717) is 12.2 Å². The summed E-state index contributed by atoms with van der Waals surface area (Å²) in [4.78, 5) is 26.8. The monoisotopic (exact) mass is 379 g/mol. The predicted molar refractivity (Wildman–Crippen MR) is 98.0 cm³/mol. The second-order valence-electron chi connectivity index (χ2n) is 7.19. The Labute approximate surface area is 154 Å². The maximum Gasteiger partial charge on any atom is 0.242 e. The van der Waals surface area contributed by atoms with Crippen LogP contribution in [0, 0.1) is 5.92 Å². The molecule has 7 nitrogen and oxygen atoms in total. The highest BCUT2D eigenvalue weighted by molar-refractivity contribution is 7.89. The van der Waals surface area contributed by atoms with E-state index in [0.717, 1.165) is 30.0 Å². The van der Waals surface area contributed by atoms with Gasteiger partial charge in [-0.3, -0.25) is 9.59 Å². The molecular formula is C18H25N3O4S. The highest BCUT2D eigenvalue weighted by Crippen LogP contribution is 2.30. The first-order valence-electron chi connectivity index (χ1n) is 8.92. The molecule has 1 atom stereocenters. The first-order chi connectivity index (χ1) is 12.3. The van der Waals surface area contributed by atoms with Crippen LogP contribution < -0.4 is 5.32 Å². The van der Waals surface area contributed by atoms with Gasteiger partial charge in [0.2, 0.25) is 21.8 Å². The Bertz CT molecular complexity index is 800. The third-order valence-electron chi connectivity index (χ3n) is 5.17. The largest absolute Gasteiger partial charge is 0.339 e. The summed E-state index contributed by atoms with van der Waals surface area (Å²) in [6.45, 7) is 0.449. The van der Waals surface area contributed by atoms with E-state index in [1.54, 1.807) is 12.1 Å². The fourth-order valence-electron chi connectivity index (χ4n) is 3.67. The molecule has 142 valence electrons. The van der Waals surface area contributed by atoms with Crippen molar-refractivity contribution < 1.29 is 18.0 Å². The molecular weight excluding hydrogens is 354 g/mol. The maximum atomic E-state index is 12.6. The van der Waals surface area contributed by atoms with Crippen molar-refractivity contribution in [1.29, 1.82) is 0 Å². The van der Waals surface area contributed by atoms with E-state index in [1.165, 1.54) is 26.2 Å². The van der Waals surface area contributed by atoms with Crippen LogP contribution >= 0.6 is 0 Å². The molecule has 2 fully saturated rings. The van der Waals surface area contributed by atoms with Crippen molar-refractivity contribution in [2.45, 2.75) is 43.0 Å². The fraction of sp³-hybridized carbons (Fsp3) is 0.556. The number of carbonyl (C=O) groups excluding carboxylic acids is 2. The minimum Gasteiger partial charge on any atom is -0.339 e. The van der Waals surface area contributed by atoms with Crippen molar-refractivity contribution in [2.75, 3.05) is 26.0 Å². The second-order valence-corrected chi connectivity index (χ2v) is 9.34. The molecule has 2 aliphatic rings. The summed E-state index contributed by atoms with van der Waals surface area (Å²) in [7, 11) is -0.642. The minimum atomic E-state index is -3.56. The summed E-state index contributed by atoms with van der Waals surface area (Å²) >= 11 is 0. The van der Waals surface area contributed by atoms with Crippen LogP contribution in [0.4, 0.5) is 5.69 Å². The van der Waals surface area contributed by atoms with Gasteiger partial charge in [-0.15, -0.1) is 0 Å². The smallest absolute Gasteiger partial charge is 0.242 e. The highest BCUT2D eigenvalue weighted by Gasteiger charge is 2.38. The topological polar surface area (TPSA) is 86.8 Å². The lowest BCUT2D eigenvalue weighted by Crippen LogP contribution is -2.35. The number of nitrogens with zero attached hydrogens (tertiary/aromatic N) is 2. The number of anilines is 1. The van der Waals surface area contributed by atoms with Gasteiger partial charge in [0, 0.05) is 38.8 Å². The number of amides is 2. The number of benzene rings is 1. The molecule has 1 aromatic carbocycles. The lowest BCUT2D eigenvalue weighted by molar-refractivity contribution is -0.129. The molecule has 0 unspecified atom stereocenters. The molecule has 3 rings (SSSR count). The first kappa shape index (κ1) is 18.8. The van der Waals surface area contributed by atoms with E-state index in [1.807, 2.05) is 4.90 Å². The van der Waals surface area contributed by atoms with E-state index in [4.69, 9.17) is 0 Å². The van der Waals surface area contributed by atoms with Crippen LogP contribution in [0.25, 0.3) is 0 Å². The molecule has 2 amide bonds. The molecule has 1 aromatic rings. The third-order valence-corrected chi connectivity index (χ3v) is 6.99. The molecule has 1 aliphatic carbocycles. The van der Waals surface area contributed by atoms with E-state index in [9.17, 15) is 18.0 Å². The number of nitrogens with one attached hydrogen (secondary N) is 1. The standard InChI is InChI=1S/C18H25N3O4S/c1-20(2)26(24,25)16-9-5-6-14(11-16)19-18(23)13-10-17(22)21(12-13)15-7-3-4-8-15/h5-6,9,11,13,15H,3-4,7-8,10,12H2,1-2H3,(H,19,23)/t13-/m0/s1. The lowest BCUT2D eigenvalue weighted by atomic mass is 10.1. The van der Waals surface area contributed by atoms with Crippen LogP contribution in [0.2, 0.25) is 0 Å². The summed E-state index contributed by atoms with van der Waals surface area (Å²) in [5, 5.41) is 2.77. The molecule has 8 heteroatoms. The van der Waals surface area contributed by atoms with Gasteiger partial charge in [-0.1, -0.05) is 18.9 Å². The van der Waals surface area contributed by atoms with Gasteiger partial charge in [-0.25, -0.2) is 12.7 Å². The summed E-state index contributed by atoms with van der Waals surface area (Å²) in [5.41, 5.74) is 0.421. The lowest BCUT2D eigenvalue weighted by Gasteiger charge is -2.23. The molecule has 1 saturated heterocycles.